The summed E-state index contributed by atoms with van der Waals surface area (Å²) < 4.78 is 17.1. The number of ketones is 1. The topological polar surface area (TPSA) is 48.7 Å². The molecular formula is C24H20O4. The SMILES string of the molecule is Cc1ccc(/C=C2\Oc3cc(OC/C=C/c4ccccc4)cc(C)c3C2=O)o1. The zero-order valence-electron chi connectivity index (χ0n) is 15.8. The fraction of sp³-hybridized carbons (Fsp3) is 0.125. The molecule has 0 radical (unpaired) electrons. The highest BCUT2D eigenvalue weighted by Crippen LogP contribution is 2.37. The van der Waals surface area contributed by atoms with Gasteiger partial charge in [-0.1, -0.05) is 36.4 Å². The minimum absolute atomic E-state index is 0.142. The zero-order valence-corrected chi connectivity index (χ0v) is 15.8. The number of allylic oxidation sites excluding steroid dienone is 1. The van der Waals surface area contributed by atoms with Crippen LogP contribution in [0.5, 0.6) is 11.5 Å². The van der Waals surface area contributed by atoms with Crippen LogP contribution in [-0.2, 0) is 0 Å². The molecule has 0 fully saturated rings. The van der Waals surface area contributed by atoms with Crippen molar-refractivity contribution in [3.63, 3.8) is 0 Å². The number of carbonyl (C=O) groups excluding carboxylic acids is 1. The number of rotatable bonds is 5. The van der Waals surface area contributed by atoms with Gasteiger partial charge in [-0.05, 0) is 49.2 Å². The van der Waals surface area contributed by atoms with Crippen LogP contribution in [0.15, 0.2) is 70.8 Å². The van der Waals surface area contributed by atoms with Gasteiger partial charge >= 0.3 is 0 Å². The molecule has 0 aliphatic carbocycles. The van der Waals surface area contributed by atoms with E-state index < -0.39 is 0 Å². The van der Waals surface area contributed by atoms with Crippen molar-refractivity contribution in [1.82, 2.24) is 0 Å². The van der Waals surface area contributed by atoms with Crippen LogP contribution < -0.4 is 9.47 Å². The molecule has 1 aliphatic heterocycles. The predicted octanol–water partition coefficient (Wildman–Crippen LogP) is 5.60. The van der Waals surface area contributed by atoms with Gasteiger partial charge < -0.3 is 13.9 Å². The molecule has 0 amide bonds. The molecule has 0 unspecified atom stereocenters. The number of hydrogen-bond acceptors (Lipinski definition) is 4. The highest BCUT2D eigenvalue weighted by atomic mass is 16.5. The third-order valence-electron chi connectivity index (χ3n) is 4.43. The van der Waals surface area contributed by atoms with E-state index in [4.69, 9.17) is 13.9 Å². The van der Waals surface area contributed by atoms with Crippen molar-refractivity contribution in [2.24, 2.45) is 0 Å². The van der Waals surface area contributed by atoms with E-state index in [1.165, 1.54) is 0 Å². The summed E-state index contributed by atoms with van der Waals surface area (Å²) in [5.41, 5.74) is 2.51. The van der Waals surface area contributed by atoms with Gasteiger partial charge in [0, 0.05) is 12.1 Å². The monoisotopic (exact) mass is 372 g/mol. The Balaban J connectivity index is 1.48. The second-order valence-electron chi connectivity index (χ2n) is 6.63. The minimum atomic E-state index is -0.142. The van der Waals surface area contributed by atoms with Crippen molar-refractivity contribution in [3.05, 3.63) is 94.6 Å². The molecule has 2 aromatic carbocycles. The lowest BCUT2D eigenvalue weighted by Gasteiger charge is -2.07. The first-order valence-electron chi connectivity index (χ1n) is 9.10. The fourth-order valence-electron chi connectivity index (χ4n) is 3.11. The highest BCUT2D eigenvalue weighted by molar-refractivity contribution is 6.15. The molecule has 0 spiro atoms. The van der Waals surface area contributed by atoms with E-state index in [9.17, 15) is 4.79 Å². The van der Waals surface area contributed by atoms with Gasteiger partial charge in [-0.3, -0.25) is 4.79 Å². The summed E-state index contributed by atoms with van der Waals surface area (Å²) in [5.74, 6) is 2.67. The van der Waals surface area contributed by atoms with Gasteiger partial charge in [0.2, 0.25) is 5.78 Å². The summed E-state index contributed by atoms with van der Waals surface area (Å²) in [4.78, 5) is 12.7. The molecule has 1 aromatic heterocycles. The molecular weight excluding hydrogens is 352 g/mol. The lowest BCUT2D eigenvalue weighted by Crippen LogP contribution is -1.99. The third kappa shape index (κ3) is 3.76. The minimum Gasteiger partial charge on any atom is -0.489 e. The van der Waals surface area contributed by atoms with Crippen LogP contribution in [0.4, 0.5) is 0 Å². The number of hydrogen-bond donors (Lipinski definition) is 0. The first kappa shape index (κ1) is 17.9. The number of aryl methyl sites for hydroxylation is 2. The number of Topliss-reactive ketones (excluding diaryl/α,β-unsaturated/α-hetero) is 1. The summed E-state index contributed by atoms with van der Waals surface area (Å²) in [6.07, 6.45) is 5.58. The number of benzene rings is 2. The Hall–Kier alpha value is -3.53. The van der Waals surface area contributed by atoms with Gasteiger partial charge in [-0.2, -0.15) is 0 Å². The molecule has 0 saturated heterocycles. The van der Waals surface area contributed by atoms with Crippen molar-refractivity contribution < 1.29 is 18.7 Å². The van der Waals surface area contributed by atoms with Crippen LogP contribution in [0.25, 0.3) is 12.2 Å². The quantitative estimate of drug-likeness (QED) is 0.547. The molecule has 4 rings (SSSR count). The first-order chi connectivity index (χ1) is 13.6. The summed E-state index contributed by atoms with van der Waals surface area (Å²) in [5, 5.41) is 0. The Morgan fingerprint density at radius 2 is 1.86 bits per heavy atom. The Bertz CT molecular complexity index is 1070. The van der Waals surface area contributed by atoms with Gasteiger partial charge in [0.15, 0.2) is 5.76 Å². The molecule has 2 heterocycles. The third-order valence-corrected chi connectivity index (χ3v) is 4.43. The van der Waals surface area contributed by atoms with Crippen LogP contribution in [0.1, 0.15) is 33.0 Å². The zero-order chi connectivity index (χ0) is 19.5. The molecule has 140 valence electrons. The smallest absolute Gasteiger partial charge is 0.232 e. The van der Waals surface area contributed by atoms with Crippen molar-refractivity contribution >= 4 is 17.9 Å². The molecule has 1 aliphatic rings. The van der Waals surface area contributed by atoms with Gasteiger partial charge in [0.1, 0.15) is 29.6 Å². The maximum atomic E-state index is 12.7. The first-order valence-corrected chi connectivity index (χ1v) is 9.10. The van der Waals surface area contributed by atoms with Crippen molar-refractivity contribution in [2.75, 3.05) is 6.61 Å². The van der Waals surface area contributed by atoms with Crippen LogP contribution >= 0.6 is 0 Å². The second-order valence-corrected chi connectivity index (χ2v) is 6.63. The highest BCUT2D eigenvalue weighted by Gasteiger charge is 2.30. The van der Waals surface area contributed by atoms with E-state index in [-0.39, 0.29) is 11.5 Å². The molecule has 0 atom stereocenters. The lowest BCUT2D eigenvalue weighted by atomic mass is 10.0. The van der Waals surface area contributed by atoms with E-state index in [0.717, 1.165) is 16.9 Å². The van der Waals surface area contributed by atoms with E-state index in [2.05, 4.69) is 0 Å². The summed E-state index contributed by atoms with van der Waals surface area (Å²) in [7, 11) is 0. The normalized spacial score (nSPS) is 14.5. The molecule has 3 aromatic rings. The number of fused-ring (bicyclic) bond motifs is 1. The maximum absolute atomic E-state index is 12.7. The maximum Gasteiger partial charge on any atom is 0.232 e. The standard InChI is InChI=1S/C24H20O4/c1-16-13-20(26-12-6-9-18-7-4-3-5-8-18)15-21-23(16)24(25)22(28-21)14-19-11-10-17(2)27-19/h3-11,13-15H,12H2,1-2H3/b9-6+,22-14-. The van der Waals surface area contributed by atoms with Crippen LogP contribution in [0.2, 0.25) is 0 Å². The molecule has 0 bridgehead atoms. The molecule has 0 saturated carbocycles. The average molecular weight is 372 g/mol. The summed E-state index contributed by atoms with van der Waals surface area (Å²) in [6, 6.07) is 17.3. The van der Waals surface area contributed by atoms with Gasteiger partial charge in [-0.25, -0.2) is 0 Å². The van der Waals surface area contributed by atoms with Crippen LogP contribution in [0, 0.1) is 13.8 Å². The Labute approximate surface area is 163 Å². The molecule has 0 N–H and O–H groups in total. The fourth-order valence-corrected chi connectivity index (χ4v) is 3.11. The number of furan rings is 1. The van der Waals surface area contributed by atoms with E-state index >= 15 is 0 Å². The molecule has 4 heteroatoms. The largest absolute Gasteiger partial charge is 0.489 e. The predicted molar refractivity (Wildman–Crippen MR) is 109 cm³/mol. The van der Waals surface area contributed by atoms with Gasteiger partial charge in [0.25, 0.3) is 0 Å². The second kappa shape index (κ2) is 7.61. The molecule has 28 heavy (non-hydrogen) atoms. The Kier molecular flexibility index (Phi) is 4.85. The molecule has 4 nitrogen and oxygen atoms in total. The van der Waals surface area contributed by atoms with E-state index in [1.54, 1.807) is 12.1 Å². The Morgan fingerprint density at radius 3 is 2.61 bits per heavy atom. The number of carbonyl (C=O) groups is 1. The van der Waals surface area contributed by atoms with Crippen LogP contribution in [0.3, 0.4) is 0 Å². The average Bonchev–Trinajstić information content (AvgIpc) is 3.23. The van der Waals surface area contributed by atoms with Crippen LogP contribution in [-0.4, -0.2) is 12.4 Å². The lowest BCUT2D eigenvalue weighted by molar-refractivity contribution is 0.101. The number of ether oxygens (including phenoxy) is 2. The summed E-state index contributed by atoms with van der Waals surface area (Å²) in [6.45, 7) is 4.16. The van der Waals surface area contributed by atoms with Gasteiger partial charge in [0.05, 0.1) is 5.56 Å². The van der Waals surface area contributed by atoms with Crippen molar-refractivity contribution in [1.29, 1.82) is 0 Å². The van der Waals surface area contributed by atoms with E-state index in [1.807, 2.05) is 74.5 Å². The van der Waals surface area contributed by atoms with Gasteiger partial charge in [-0.15, -0.1) is 0 Å². The van der Waals surface area contributed by atoms with Crippen molar-refractivity contribution in [2.45, 2.75) is 13.8 Å². The summed E-state index contributed by atoms with van der Waals surface area (Å²) >= 11 is 0. The van der Waals surface area contributed by atoms with Crippen molar-refractivity contribution in [3.8, 4) is 11.5 Å². The Morgan fingerprint density at radius 1 is 1.04 bits per heavy atom. The van der Waals surface area contributed by atoms with E-state index in [0.29, 0.717) is 29.4 Å².